The molecule has 0 spiro atoms. The number of hydrogen-bond acceptors (Lipinski definition) is 6. The van der Waals surface area contributed by atoms with Gasteiger partial charge in [0.15, 0.2) is 0 Å². The molecule has 1 saturated heterocycles. The van der Waals surface area contributed by atoms with Crippen molar-refractivity contribution in [1.82, 2.24) is 20.1 Å². The van der Waals surface area contributed by atoms with Crippen molar-refractivity contribution >= 4 is 11.7 Å². The molecule has 1 fully saturated rings. The molecule has 28 heavy (non-hydrogen) atoms. The maximum Gasteiger partial charge on any atom is 0.251 e. The van der Waals surface area contributed by atoms with Crippen LogP contribution < -0.4 is 4.90 Å². The molecule has 1 aromatic carbocycles. The number of benzene rings is 1. The summed E-state index contributed by atoms with van der Waals surface area (Å²) >= 11 is 0. The number of aryl methyl sites for hydroxylation is 1. The molecule has 4 rings (SSSR count). The molecule has 3 aromatic rings. The molecule has 1 amide bonds. The summed E-state index contributed by atoms with van der Waals surface area (Å²) in [6, 6.07) is 10.1. The van der Waals surface area contributed by atoms with Crippen LogP contribution in [0, 0.1) is 12.7 Å². The molecular formula is C20H20FN5O2. The first-order chi connectivity index (χ1) is 13.6. The van der Waals surface area contributed by atoms with Crippen LogP contribution in [0.25, 0.3) is 11.5 Å². The summed E-state index contributed by atoms with van der Waals surface area (Å²) in [7, 11) is 0. The molecule has 0 aliphatic carbocycles. The smallest absolute Gasteiger partial charge is 0.251 e. The molecule has 7 nitrogen and oxygen atoms in total. The van der Waals surface area contributed by atoms with Crippen molar-refractivity contribution < 1.29 is 13.6 Å². The van der Waals surface area contributed by atoms with Gasteiger partial charge in [0.25, 0.3) is 5.89 Å². The molecule has 0 N–H and O–H groups in total. The second-order valence-corrected chi connectivity index (χ2v) is 6.64. The Morgan fingerprint density at radius 2 is 1.89 bits per heavy atom. The molecule has 0 bridgehead atoms. The maximum absolute atomic E-state index is 13.8. The predicted molar refractivity (Wildman–Crippen MR) is 101 cm³/mol. The summed E-state index contributed by atoms with van der Waals surface area (Å²) in [5, 5.41) is 7.97. The minimum absolute atomic E-state index is 0.0708. The number of pyridine rings is 1. The molecule has 0 radical (unpaired) electrons. The summed E-state index contributed by atoms with van der Waals surface area (Å²) in [6.07, 6.45) is 1.79. The van der Waals surface area contributed by atoms with E-state index in [1.807, 2.05) is 12.1 Å². The van der Waals surface area contributed by atoms with Crippen LogP contribution in [0.1, 0.15) is 11.5 Å². The number of amides is 1. The van der Waals surface area contributed by atoms with E-state index in [1.54, 1.807) is 36.2 Å². The second-order valence-electron chi connectivity index (χ2n) is 6.64. The Morgan fingerprint density at radius 1 is 1.11 bits per heavy atom. The molecule has 0 saturated carbocycles. The standard InChI is InChI=1S/C20H20FN5O2/c1-14-23-24-20(28-14)16-6-4-8-22-19(16)26-11-9-25(10-12-26)18(27)13-15-5-2-3-7-17(15)21/h2-8H,9-13H2,1H3. The van der Waals surface area contributed by atoms with Gasteiger partial charge >= 0.3 is 0 Å². The third-order valence-electron chi connectivity index (χ3n) is 4.77. The topological polar surface area (TPSA) is 75.4 Å². The van der Waals surface area contributed by atoms with E-state index in [-0.39, 0.29) is 18.1 Å². The third-order valence-corrected chi connectivity index (χ3v) is 4.77. The molecule has 8 heteroatoms. The molecule has 144 valence electrons. The van der Waals surface area contributed by atoms with Crippen molar-refractivity contribution in [2.75, 3.05) is 31.1 Å². The highest BCUT2D eigenvalue weighted by atomic mass is 19.1. The Bertz CT molecular complexity index is 982. The minimum Gasteiger partial charge on any atom is -0.421 e. The fourth-order valence-electron chi connectivity index (χ4n) is 3.31. The van der Waals surface area contributed by atoms with Crippen molar-refractivity contribution in [2.24, 2.45) is 0 Å². The zero-order valence-corrected chi connectivity index (χ0v) is 15.5. The highest BCUT2D eigenvalue weighted by molar-refractivity contribution is 5.79. The van der Waals surface area contributed by atoms with E-state index in [9.17, 15) is 9.18 Å². The number of piperazine rings is 1. The minimum atomic E-state index is -0.345. The lowest BCUT2D eigenvalue weighted by Crippen LogP contribution is -2.49. The fraction of sp³-hybridized carbons (Fsp3) is 0.300. The van der Waals surface area contributed by atoms with Gasteiger partial charge in [0.05, 0.1) is 12.0 Å². The van der Waals surface area contributed by atoms with E-state index >= 15 is 0 Å². The first-order valence-electron chi connectivity index (χ1n) is 9.13. The number of anilines is 1. The van der Waals surface area contributed by atoms with Crippen LogP contribution in [0.5, 0.6) is 0 Å². The Hall–Kier alpha value is -3.29. The zero-order valence-electron chi connectivity index (χ0n) is 15.5. The lowest BCUT2D eigenvalue weighted by Gasteiger charge is -2.36. The average molecular weight is 381 g/mol. The van der Waals surface area contributed by atoms with E-state index in [2.05, 4.69) is 20.1 Å². The first kappa shape index (κ1) is 18.1. The largest absolute Gasteiger partial charge is 0.421 e. The number of carbonyl (C=O) groups excluding carboxylic acids is 1. The molecule has 2 aromatic heterocycles. The van der Waals surface area contributed by atoms with Crippen LogP contribution in [0.3, 0.4) is 0 Å². The molecule has 1 aliphatic heterocycles. The van der Waals surface area contributed by atoms with E-state index < -0.39 is 0 Å². The Morgan fingerprint density at radius 3 is 2.61 bits per heavy atom. The van der Waals surface area contributed by atoms with Gasteiger partial charge in [0, 0.05) is 39.3 Å². The number of hydrogen-bond donors (Lipinski definition) is 0. The molecular weight excluding hydrogens is 361 g/mol. The summed E-state index contributed by atoms with van der Waals surface area (Å²) in [6.45, 7) is 4.09. The Kier molecular flexibility index (Phi) is 5.01. The summed E-state index contributed by atoms with van der Waals surface area (Å²) in [5.74, 6) is 1.26. The zero-order chi connectivity index (χ0) is 19.5. The van der Waals surface area contributed by atoms with Crippen molar-refractivity contribution in [3.05, 3.63) is 59.9 Å². The number of rotatable bonds is 4. The van der Waals surface area contributed by atoms with Crippen LogP contribution >= 0.6 is 0 Å². The predicted octanol–water partition coefficient (Wildman–Crippen LogP) is 2.47. The summed E-state index contributed by atoms with van der Waals surface area (Å²) < 4.78 is 19.3. The van der Waals surface area contributed by atoms with Crippen molar-refractivity contribution in [3.63, 3.8) is 0 Å². The van der Waals surface area contributed by atoms with Crippen molar-refractivity contribution in [1.29, 1.82) is 0 Å². The quantitative estimate of drug-likeness (QED) is 0.691. The van der Waals surface area contributed by atoms with E-state index in [0.29, 0.717) is 43.5 Å². The van der Waals surface area contributed by atoms with E-state index in [4.69, 9.17) is 4.42 Å². The number of nitrogens with zero attached hydrogens (tertiary/aromatic N) is 5. The normalized spacial score (nSPS) is 14.4. The van der Waals surface area contributed by atoms with Crippen LogP contribution in [0.4, 0.5) is 10.2 Å². The van der Waals surface area contributed by atoms with E-state index in [0.717, 1.165) is 11.4 Å². The first-order valence-corrected chi connectivity index (χ1v) is 9.13. The van der Waals surface area contributed by atoms with Gasteiger partial charge < -0.3 is 14.2 Å². The lowest BCUT2D eigenvalue weighted by molar-refractivity contribution is -0.130. The average Bonchev–Trinajstić information content (AvgIpc) is 3.16. The van der Waals surface area contributed by atoms with Crippen LogP contribution in [-0.2, 0) is 11.2 Å². The van der Waals surface area contributed by atoms with Gasteiger partial charge in [-0.15, -0.1) is 10.2 Å². The molecule has 0 atom stereocenters. The summed E-state index contributed by atoms with van der Waals surface area (Å²) in [4.78, 5) is 20.9. The number of halogens is 1. The molecule has 1 aliphatic rings. The van der Waals surface area contributed by atoms with E-state index in [1.165, 1.54) is 6.07 Å². The Balaban J connectivity index is 1.44. The summed E-state index contributed by atoms with van der Waals surface area (Å²) in [5.41, 5.74) is 1.20. The van der Waals surface area contributed by atoms with Crippen LogP contribution in [0.2, 0.25) is 0 Å². The fourth-order valence-corrected chi connectivity index (χ4v) is 3.31. The van der Waals surface area contributed by atoms with Gasteiger partial charge in [-0.1, -0.05) is 18.2 Å². The van der Waals surface area contributed by atoms with Gasteiger partial charge in [0.1, 0.15) is 11.6 Å². The van der Waals surface area contributed by atoms with Gasteiger partial charge in [-0.3, -0.25) is 4.79 Å². The number of carbonyl (C=O) groups is 1. The maximum atomic E-state index is 13.8. The monoisotopic (exact) mass is 381 g/mol. The second kappa shape index (κ2) is 7.75. The van der Waals surface area contributed by atoms with Crippen LogP contribution in [0.15, 0.2) is 47.0 Å². The van der Waals surface area contributed by atoms with Gasteiger partial charge in [0.2, 0.25) is 11.8 Å². The van der Waals surface area contributed by atoms with Gasteiger partial charge in [-0.2, -0.15) is 0 Å². The van der Waals surface area contributed by atoms with Gasteiger partial charge in [-0.25, -0.2) is 9.37 Å². The highest BCUT2D eigenvalue weighted by Crippen LogP contribution is 2.28. The van der Waals surface area contributed by atoms with Crippen molar-refractivity contribution in [2.45, 2.75) is 13.3 Å². The SMILES string of the molecule is Cc1nnc(-c2cccnc2N2CCN(C(=O)Cc3ccccc3F)CC2)o1. The molecule has 0 unspecified atom stereocenters. The highest BCUT2D eigenvalue weighted by Gasteiger charge is 2.25. The lowest BCUT2D eigenvalue weighted by atomic mass is 10.1. The Labute approximate surface area is 161 Å². The number of aromatic nitrogens is 3. The third kappa shape index (κ3) is 3.71. The van der Waals surface area contributed by atoms with Gasteiger partial charge in [-0.05, 0) is 23.8 Å². The van der Waals surface area contributed by atoms with Crippen molar-refractivity contribution in [3.8, 4) is 11.5 Å². The molecule has 3 heterocycles. The van der Waals surface area contributed by atoms with Crippen LogP contribution in [-0.4, -0.2) is 52.2 Å².